The molecule has 32 heavy (non-hydrogen) atoms. The third-order valence-corrected chi connectivity index (χ3v) is 9.27. The Hall–Kier alpha value is -1.04. The molecule has 0 bridgehead atoms. The second kappa shape index (κ2) is 9.68. The quantitative estimate of drug-likeness (QED) is 0.537. The maximum absolute atomic E-state index is 12.7. The molecule has 3 nitrogen and oxygen atoms in total. The summed E-state index contributed by atoms with van der Waals surface area (Å²) in [7, 11) is 0. The lowest BCUT2D eigenvalue weighted by molar-refractivity contribution is -0.0280. The molecule has 5 heteroatoms. The summed E-state index contributed by atoms with van der Waals surface area (Å²) in [6, 6.07) is 0. The van der Waals surface area contributed by atoms with E-state index >= 15 is 0 Å². The third-order valence-electron chi connectivity index (χ3n) is 9.27. The van der Waals surface area contributed by atoms with Crippen molar-refractivity contribution in [2.24, 2.45) is 29.1 Å². The van der Waals surface area contributed by atoms with Gasteiger partial charge in [0.15, 0.2) is 0 Å². The summed E-state index contributed by atoms with van der Waals surface area (Å²) in [6.07, 6.45) is 9.38. The van der Waals surface area contributed by atoms with E-state index in [1.54, 1.807) is 0 Å². The molecule has 0 amide bonds. The standard InChI is InChI=1S/C27H41F2NO2/c1-17(10-12-30-15-21(16-30)26(28)29)22-8-9-23-20(5-4-11-27(22,23)3)7-6-19-13-24(31)18(2)25(32)14-19/h6-7,17,21-26,31-32H,2,4-5,8-16H2,1,3H3/b20-7+/t17?,22-,23+,24-,25-,27-/m1/s1. The lowest BCUT2D eigenvalue weighted by atomic mass is 9.61. The first-order valence-electron chi connectivity index (χ1n) is 12.6. The molecule has 0 aromatic heterocycles. The molecule has 0 aromatic rings. The molecule has 4 rings (SSSR count). The number of hydrogen-bond donors (Lipinski definition) is 2. The van der Waals surface area contributed by atoms with Crippen molar-refractivity contribution in [3.63, 3.8) is 0 Å². The molecule has 2 N–H and O–H groups in total. The minimum atomic E-state index is -2.17. The Balaban J connectivity index is 1.37. The number of allylic oxidation sites excluding steroid dienone is 3. The van der Waals surface area contributed by atoms with Crippen LogP contribution < -0.4 is 0 Å². The topological polar surface area (TPSA) is 43.7 Å². The number of fused-ring (bicyclic) bond motifs is 1. The van der Waals surface area contributed by atoms with Crippen molar-refractivity contribution in [1.82, 2.24) is 4.90 Å². The number of nitrogens with zero attached hydrogens (tertiary/aromatic N) is 1. The first kappa shape index (κ1) is 24.1. The monoisotopic (exact) mass is 449 g/mol. The summed E-state index contributed by atoms with van der Waals surface area (Å²) in [5.41, 5.74) is 3.51. The van der Waals surface area contributed by atoms with E-state index in [4.69, 9.17) is 0 Å². The van der Waals surface area contributed by atoms with Gasteiger partial charge in [-0.15, -0.1) is 0 Å². The molecule has 1 aliphatic heterocycles. The van der Waals surface area contributed by atoms with Crippen molar-refractivity contribution >= 4 is 0 Å². The van der Waals surface area contributed by atoms with Crippen LogP contribution in [0, 0.1) is 29.1 Å². The van der Waals surface area contributed by atoms with Gasteiger partial charge in [-0.3, -0.25) is 0 Å². The Bertz CT molecular complexity index is 741. The Labute approximate surface area is 192 Å². The zero-order valence-electron chi connectivity index (χ0n) is 19.8. The van der Waals surface area contributed by atoms with E-state index in [0.29, 0.717) is 54.7 Å². The smallest absolute Gasteiger partial charge is 0.243 e. The SMILES string of the molecule is C=C1[C@H](O)CC(=C/C=C2\CCC[C@]3(C)[C@@H](C(C)CCN4CC(C(F)F)C4)CC[C@@H]23)C[C@H]1O. The number of alkyl halides is 2. The summed E-state index contributed by atoms with van der Waals surface area (Å²) in [4.78, 5) is 2.20. The summed E-state index contributed by atoms with van der Waals surface area (Å²) >= 11 is 0. The summed E-state index contributed by atoms with van der Waals surface area (Å²) < 4.78 is 25.5. The number of halogens is 2. The second-order valence-electron chi connectivity index (χ2n) is 11.3. The molecule has 180 valence electrons. The molecule has 1 unspecified atom stereocenters. The van der Waals surface area contributed by atoms with Crippen LogP contribution in [0.2, 0.25) is 0 Å². The Morgan fingerprint density at radius 3 is 2.50 bits per heavy atom. The van der Waals surface area contributed by atoms with Gasteiger partial charge in [0, 0.05) is 19.0 Å². The van der Waals surface area contributed by atoms with Crippen LogP contribution in [-0.4, -0.2) is 53.4 Å². The molecule has 6 atom stereocenters. The third kappa shape index (κ3) is 4.76. The van der Waals surface area contributed by atoms with Crippen LogP contribution in [0.15, 0.2) is 35.5 Å². The zero-order chi connectivity index (χ0) is 23.0. The van der Waals surface area contributed by atoms with Crippen molar-refractivity contribution in [3.8, 4) is 0 Å². The summed E-state index contributed by atoms with van der Waals surface area (Å²) in [6.45, 7) is 10.7. The van der Waals surface area contributed by atoms with Crippen molar-refractivity contribution < 1.29 is 19.0 Å². The van der Waals surface area contributed by atoms with Crippen molar-refractivity contribution in [2.75, 3.05) is 19.6 Å². The van der Waals surface area contributed by atoms with E-state index in [2.05, 4.69) is 37.5 Å². The van der Waals surface area contributed by atoms with Gasteiger partial charge in [-0.25, -0.2) is 8.78 Å². The molecule has 4 aliphatic rings. The van der Waals surface area contributed by atoms with E-state index < -0.39 is 24.6 Å². The normalized spacial score (nSPS) is 38.8. The number of aliphatic hydroxyl groups is 2. The molecule has 0 radical (unpaired) electrons. The van der Waals surface area contributed by atoms with E-state index in [0.717, 1.165) is 25.0 Å². The number of likely N-dealkylation sites (tertiary alicyclic amines) is 1. The van der Waals surface area contributed by atoms with Gasteiger partial charge in [-0.2, -0.15) is 0 Å². The van der Waals surface area contributed by atoms with Crippen LogP contribution in [0.4, 0.5) is 8.78 Å². The minimum Gasteiger partial charge on any atom is -0.388 e. The van der Waals surface area contributed by atoms with Gasteiger partial charge in [0.1, 0.15) is 0 Å². The number of hydrogen-bond acceptors (Lipinski definition) is 3. The summed E-state index contributed by atoms with van der Waals surface area (Å²) in [5.74, 6) is 1.50. The molecule has 1 saturated heterocycles. The fourth-order valence-corrected chi connectivity index (χ4v) is 7.18. The van der Waals surface area contributed by atoms with Gasteiger partial charge in [0.2, 0.25) is 6.43 Å². The second-order valence-corrected chi connectivity index (χ2v) is 11.3. The molecule has 0 aromatic carbocycles. The molecular formula is C27H41F2NO2. The van der Waals surface area contributed by atoms with E-state index in [1.807, 2.05) is 0 Å². The molecule has 1 heterocycles. The van der Waals surface area contributed by atoms with Gasteiger partial charge >= 0.3 is 0 Å². The maximum Gasteiger partial charge on any atom is 0.243 e. The van der Waals surface area contributed by atoms with Gasteiger partial charge in [0.25, 0.3) is 0 Å². The fourth-order valence-electron chi connectivity index (χ4n) is 7.18. The van der Waals surface area contributed by atoms with Gasteiger partial charge in [-0.05, 0) is 86.7 Å². The highest BCUT2D eigenvalue weighted by molar-refractivity contribution is 5.29. The van der Waals surface area contributed by atoms with Crippen LogP contribution in [0.5, 0.6) is 0 Å². The number of rotatable bonds is 6. The van der Waals surface area contributed by atoms with Crippen molar-refractivity contribution in [3.05, 3.63) is 35.5 Å². The van der Waals surface area contributed by atoms with Crippen LogP contribution >= 0.6 is 0 Å². The summed E-state index contributed by atoms with van der Waals surface area (Å²) in [5, 5.41) is 20.3. The molecule has 4 fully saturated rings. The van der Waals surface area contributed by atoms with Crippen LogP contribution in [0.25, 0.3) is 0 Å². The number of aliphatic hydroxyl groups excluding tert-OH is 2. The molecule has 0 spiro atoms. The van der Waals surface area contributed by atoms with Crippen LogP contribution in [0.1, 0.15) is 65.2 Å². The predicted molar refractivity (Wildman–Crippen MR) is 124 cm³/mol. The average Bonchev–Trinajstić information content (AvgIpc) is 3.06. The first-order chi connectivity index (χ1) is 15.2. The van der Waals surface area contributed by atoms with Gasteiger partial charge < -0.3 is 15.1 Å². The lowest BCUT2D eigenvalue weighted by Gasteiger charge is -2.45. The van der Waals surface area contributed by atoms with Gasteiger partial charge in [-0.1, -0.05) is 43.7 Å². The minimum absolute atomic E-state index is 0.322. The van der Waals surface area contributed by atoms with Crippen LogP contribution in [-0.2, 0) is 0 Å². The molecule has 3 saturated carbocycles. The highest BCUT2D eigenvalue weighted by Gasteiger charge is 2.50. The Kier molecular flexibility index (Phi) is 7.29. The first-order valence-corrected chi connectivity index (χ1v) is 12.6. The van der Waals surface area contributed by atoms with E-state index in [9.17, 15) is 19.0 Å². The predicted octanol–water partition coefficient (Wildman–Crippen LogP) is 5.35. The molecular weight excluding hydrogens is 408 g/mol. The van der Waals surface area contributed by atoms with Gasteiger partial charge in [0.05, 0.1) is 12.2 Å². The van der Waals surface area contributed by atoms with Crippen LogP contribution in [0.3, 0.4) is 0 Å². The largest absolute Gasteiger partial charge is 0.388 e. The maximum atomic E-state index is 12.7. The highest BCUT2D eigenvalue weighted by Crippen LogP contribution is 2.59. The Morgan fingerprint density at radius 2 is 1.84 bits per heavy atom. The Morgan fingerprint density at radius 1 is 1.16 bits per heavy atom. The average molecular weight is 450 g/mol. The highest BCUT2D eigenvalue weighted by atomic mass is 19.3. The molecule has 3 aliphatic carbocycles. The fraction of sp³-hybridized carbons (Fsp3) is 0.778. The van der Waals surface area contributed by atoms with E-state index in [-0.39, 0.29) is 0 Å². The van der Waals surface area contributed by atoms with Crippen molar-refractivity contribution in [1.29, 1.82) is 0 Å². The van der Waals surface area contributed by atoms with E-state index in [1.165, 1.54) is 31.3 Å². The lowest BCUT2D eigenvalue weighted by Crippen LogP contribution is -2.50. The van der Waals surface area contributed by atoms with Crippen molar-refractivity contribution in [2.45, 2.75) is 83.8 Å². The zero-order valence-corrected chi connectivity index (χ0v) is 19.8.